The van der Waals surface area contributed by atoms with Gasteiger partial charge in [-0.25, -0.2) is 0 Å². The molecule has 0 radical (unpaired) electrons. The third-order valence-electron chi connectivity index (χ3n) is 0.122. The zero-order valence-corrected chi connectivity index (χ0v) is 3.47. The van der Waals surface area contributed by atoms with Crippen molar-refractivity contribution in [3.63, 3.8) is 0 Å². The van der Waals surface area contributed by atoms with Crippen LogP contribution in [0.1, 0.15) is 0 Å². The van der Waals surface area contributed by atoms with Gasteiger partial charge in [-0.15, -0.1) is 0 Å². The predicted molar refractivity (Wildman–Crippen MR) is 26.8 cm³/mol. The zero-order chi connectivity index (χ0) is 5.21. The topological polar surface area (TPSA) is 71.4 Å². The number of hydrogen-bond donors (Lipinski definition) is 1. The molecule has 0 saturated carbocycles. The smallest absolute Gasteiger partial charge is 0.283 e. The van der Waals surface area contributed by atoms with Gasteiger partial charge in [-0.1, -0.05) is 0 Å². The van der Waals surface area contributed by atoms with E-state index in [1.54, 1.807) is 0 Å². The minimum Gasteiger partial charge on any atom is -0.283 e. The second-order valence-electron chi connectivity index (χ2n) is 0.611. The van der Waals surface area contributed by atoms with E-state index in [-0.39, 0.29) is 23.1 Å². The number of carbonyl (C=O) groups excluding carboxylic acids is 1. The molecule has 0 aliphatic heterocycles. The van der Waals surface area contributed by atoms with Crippen molar-refractivity contribution >= 4 is 38.8 Å². The quantitative estimate of drug-likeness (QED) is 0.261. The molecule has 0 aromatic rings. The van der Waals surface area contributed by atoms with Gasteiger partial charge < -0.3 is 0 Å². The number of rotatable bonds is 1. The molecule has 0 aliphatic rings. The first-order chi connectivity index (χ1) is 2.56. The first-order valence-corrected chi connectivity index (χ1v) is 2.49. The van der Waals surface area contributed by atoms with E-state index in [4.69, 9.17) is 9.35 Å². The summed E-state index contributed by atoms with van der Waals surface area (Å²) < 4.78 is 25.8. The Kier molecular flexibility index (Phi) is 4.97. The third-order valence-corrected chi connectivity index (χ3v) is 0.365. The summed E-state index contributed by atoms with van der Waals surface area (Å²) in [5, 5.41) is 0. The van der Waals surface area contributed by atoms with Gasteiger partial charge in [0.2, 0.25) is 0 Å². The van der Waals surface area contributed by atoms with Crippen LogP contribution in [0.3, 0.4) is 0 Å². The Bertz CT molecular complexity index is 122. The summed E-state index contributed by atoms with van der Waals surface area (Å²) in [6.45, 7) is 0. The van der Waals surface area contributed by atoms with Crippen molar-refractivity contribution < 1.29 is 17.8 Å². The highest BCUT2D eigenvalue weighted by Gasteiger charge is 1.94. The lowest BCUT2D eigenvalue weighted by molar-refractivity contribution is 0.487. The fourth-order valence-corrected chi connectivity index (χ4v) is 0. The van der Waals surface area contributed by atoms with Crippen LogP contribution < -0.4 is 0 Å². The van der Waals surface area contributed by atoms with Crippen LogP contribution in [0.15, 0.2) is 0 Å². The van der Waals surface area contributed by atoms with Gasteiger partial charge in [-0.3, -0.25) is 9.35 Å². The molecule has 0 spiro atoms. The van der Waals surface area contributed by atoms with Gasteiger partial charge in [0.15, 0.2) is 0 Å². The largest absolute Gasteiger partial charge is 0.325 e. The Balaban J connectivity index is 0. The maximum absolute atomic E-state index is 9.19. The van der Waals surface area contributed by atoms with Crippen molar-refractivity contribution in [3.8, 4) is 0 Å². The predicted octanol–water partition coefficient (Wildman–Crippen LogP) is -1.85. The first kappa shape index (κ1) is 10.4. The standard InChI is InChI=1S/CH2O4S.Mg.2H/c2-1-6(3,4)5;;;/h1H,(H,3,4,5);;;. The Morgan fingerprint density at radius 1 is 1.43 bits per heavy atom. The SMILES string of the molecule is O=CS(=O)(=O)O.[MgH2]. The van der Waals surface area contributed by atoms with Gasteiger partial charge in [-0.05, 0) is 0 Å². The van der Waals surface area contributed by atoms with Crippen LogP contribution in [0, 0.1) is 0 Å². The molecule has 0 aromatic heterocycles. The molecule has 0 rings (SSSR count). The second-order valence-corrected chi connectivity index (χ2v) is 1.83. The van der Waals surface area contributed by atoms with E-state index in [1.165, 1.54) is 0 Å². The molecular formula is CH4MgO4S. The maximum Gasteiger partial charge on any atom is 0.325 e. The Morgan fingerprint density at radius 3 is 1.57 bits per heavy atom. The normalized spacial score (nSPS) is 9.29. The van der Waals surface area contributed by atoms with Gasteiger partial charge in [0, 0.05) is 0 Å². The Labute approximate surface area is 56.8 Å². The molecule has 0 aromatic carbocycles. The van der Waals surface area contributed by atoms with Crippen LogP contribution in [0.5, 0.6) is 0 Å². The third kappa shape index (κ3) is 10.7. The average Bonchev–Trinajstić information content (AvgIpc) is 1.35. The van der Waals surface area contributed by atoms with Crippen molar-refractivity contribution in [2.24, 2.45) is 0 Å². The van der Waals surface area contributed by atoms with Gasteiger partial charge in [0.25, 0.3) is 5.62 Å². The van der Waals surface area contributed by atoms with E-state index in [1.807, 2.05) is 0 Å². The Morgan fingerprint density at radius 2 is 1.57 bits per heavy atom. The summed E-state index contributed by atoms with van der Waals surface area (Å²) in [6, 6.07) is 0. The highest BCUT2D eigenvalue weighted by molar-refractivity contribution is 7.99. The molecule has 40 valence electrons. The summed E-state index contributed by atoms with van der Waals surface area (Å²) in [5.41, 5.74) is -0.535. The van der Waals surface area contributed by atoms with Gasteiger partial charge in [0.1, 0.15) is 0 Å². The lowest BCUT2D eigenvalue weighted by Gasteiger charge is -1.68. The average molecular weight is 136 g/mol. The first-order valence-electron chi connectivity index (χ1n) is 0.987. The number of hydrogen-bond acceptors (Lipinski definition) is 3. The molecule has 4 nitrogen and oxygen atoms in total. The van der Waals surface area contributed by atoms with E-state index in [0.29, 0.717) is 0 Å². The van der Waals surface area contributed by atoms with E-state index in [2.05, 4.69) is 0 Å². The second kappa shape index (κ2) is 3.36. The molecule has 0 bridgehead atoms. The van der Waals surface area contributed by atoms with Crippen LogP contribution in [-0.4, -0.2) is 41.6 Å². The summed E-state index contributed by atoms with van der Waals surface area (Å²) in [4.78, 5) is 8.99. The van der Waals surface area contributed by atoms with Crippen LogP contribution >= 0.6 is 0 Å². The molecule has 0 atom stereocenters. The van der Waals surface area contributed by atoms with E-state index >= 15 is 0 Å². The lowest BCUT2D eigenvalue weighted by Crippen LogP contribution is -1.94. The molecular weight excluding hydrogens is 132 g/mol. The molecule has 0 unspecified atom stereocenters. The van der Waals surface area contributed by atoms with Crippen molar-refractivity contribution in [3.05, 3.63) is 0 Å². The van der Waals surface area contributed by atoms with E-state index in [9.17, 15) is 8.42 Å². The van der Waals surface area contributed by atoms with Crippen molar-refractivity contribution in [2.45, 2.75) is 0 Å². The van der Waals surface area contributed by atoms with E-state index in [0.717, 1.165) is 0 Å². The molecule has 7 heavy (non-hydrogen) atoms. The zero-order valence-electron chi connectivity index (χ0n) is 2.66. The van der Waals surface area contributed by atoms with Crippen molar-refractivity contribution in [1.29, 1.82) is 0 Å². The summed E-state index contributed by atoms with van der Waals surface area (Å²) in [5.74, 6) is 0. The number of carbonyl (C=O) groups is 1. The highest BCUT2D eigenvalue weighted by Crippen LogP contribution is 1.64. The molecule has 1 N–H and O–H groups in total. The fourth-order valence-electron chi connectivity index (χ4n) is 0. The van der Waals surface area contributed by atoms with Crippen LogP contribution in [0.25, 0.3) is 0 Å². The highest BCUT2D eigenvalue weighted by atomic mass is 32.2. The maximum atomic E-state index is 9.19. The van der Waals surface area contributed by atoms with E-state index < -0.39 is 15.7 Å². The lowest BCUT2D eigenvalue weighted by atomic mass is 11.8. The van der Waals surface area contributed by atoms with Crippen molar-refractivity contribution in [1.82, 2.24) is 0 Å². The molecule has 0 fully saturated rings. The summed E-state index contributed by atoms with van der Waals surface area (Å²) in [7, 11) is -4.34. The van der Waals surface area contributed by atoms with Gasteiger partial charge in [-0.2, -0.15) is 8.42 Å². The molecule has 6 heteroatoms. The molecule has 0 saturated heterocycles. The molecule has 0 heterocycles. The van der Waals surface area contributed by atoms with Crippen LogP contribution in [0.2, 0.25) is 0 Å². The van der Waals surface area contributed by atoms with Crippen LogP contribution in [-0.2, 0) is 14.9 Å². The molecule has 0 amide bonds. The van der Waals surface area contributed by atoms with Crippen molar-refractivity contribution in [2.75, 3.05) is 0 Å². The minimum atomic E-state index is -4.34. The minimum absolute atomic E-state index is 0. The summed E-state index contributed by atoms with van der Waals surface area (Å²) >= 11 is 0. The fraction of sp³-hybridized carbons (Fsp3) is 0. The summed E-state index contributed by atoms with van der Waals surface area (Å²) in [6.07, 6.45) is 0. The molecule has 0 aliphatic carbocycles. The van der Waals surface area contributed by atoms with Gasteiger partial charge in [0.05, 0.1) is 0 Å². The van der Waals surface area contributed by atoms with Crippen LogP contribution in [0.4, 0.5) is 0 Å². The van der Waals surface area contributed by atoms with Gasteiger partial charge >= 0.3 is 33.2 Å². The monoisotopic (exact) mass is 136 g/mol. The Hall–Kier alpha value is 0.346.